The van der Waals surface area contributed by atoms with Crippen molar-refractivity contribution in [3.8, 4) is 0 Å². The minimum atomic E-state index is -0.0780. The van der Waals surface area contributed by atoms with Crippen molar-refractivity contribution >= 4 is 0 Å². The normalized spacial score (nSPS) is 24.2. The third kappa shape index (κ3) is 16.8. The summed E-state index contributed by atoms with van der Waals surface area (Å²) in [5, 5.41) is 0. The molecule has 0 aromatic carbocycles. The van der Waals surface area contributed by atoms with E-state index in [1.807, 2.05) is 0 Å². The lowest BCUT2D eigenvalue weighted by molar-refractivity contribution is -0.0674. The SMILES string of the molecule is C(COCCC1CO1)COCC(COCCCOCCC1CO1)OCCCOCCC1CO1. The van der Waals surface area contributed by atoms with Crippen molar-refractivity contribution in [3.05, 3.63) is 0 Å². The van der Waals surface area contributed by atoms with Crippen LogP contribution in [0.3, 0.4) is 0 Å². The largest absolute Gasteiger partial charge is 0.381 e. The van der Waals surface area contributed by atoms with Crippen molar-refractivity contribution in [2.75, 3.05) is 92.5 Å². The zero-order valence-corrected chi connectivity index (χ0v) is 20.1. The molecule has 0 saturated carbocycles. The van der Waals surface area contributed by atoms with Crippen LogP contribution in [0.1, 0.15) is 38.5 Å². The summed E-state index contributed by atoms with van der Waals surface area (Å²) in [6.45, 7) is 10.1. The molecule has 0 spiro atoms. The molecule has 3 atom stereocenters. The molecule has 0 amide bonds. The van der Waals surface area contributed by atoms with Gasteiger partial charge in [0.1, 0.15) is 6.10 Å². The number of hydrogen-bond donors (Lipinski definition) is 0. The molecule has 3 unspecified atom stereocenters. The second kappa shape index (κ2) is 18.0. The lowest BCUT2D eigenvalue weighted by atomic mass is 10.3. The summed E-state index contributed by atoms with van der Waals surface area (Å²) in [6, 6.07) is 0. The predicted molar refractivity (Wildman–Crippen MR) is 121 cm³/mol. The van der Waals surface area contributed by atoms with Gasteiger partial charge < -0.3 is 42.6 Å². The van der Waals surface area contributed by atoms with Crippen LogP contribution in [-0.4, -0.2) is 117 Å². The lowest BCUT2D eigenvalue weighted by Crippen LogP contribution is -2.27. The van der Waals surface area contributed by atoms with E-state index in [0.717, 1.165) is 78.2 Å². The summed E-state index contributed by atoms with van der Waals surface area (Å²) in [6.07, 6.45) is 6.79. The Labute approximate surface area is 198 Å². The fourth-order valence-corrected chi connectivity index (χ4v) is 3.17. The summed E-state index contributed by atoms with van der Waals surface area (Å²) in [5.41, 5.74) is 0. The molecule has 3 aliphatic rings. The Morgan fingerprint density at radius 1 is 0.485 bits per heavy atom. The van der Waals surface area contributed by atoms with Crippen molar-refractivity contribution in [3.63, 3.8) is 0 Å². The van der Waals surface area contributed by atoms with Gasteiger partial charge in [0.15, 0.2) is 0 Å². The van der Waals surface area contributed by atoms with Gasteiger partial charge in [-0.05, 0) is 38.5 Å². The van der Waals surface area contributed by atoms with Crippen LogP contribution in [0.25, 0.3) is 0 Å². The fraction of sp³-hybridized carbons (Fsp3) is 1.00. The van der Waals surface area contributed by atoms with Gasteiger partial charge in [-0.25, -0.2) is 0 Å². The van der Waals surface area contributed by atoms with Crippen LogP contribution in [0.2, 0.25) is 0 Å². The van der Waals surface area contributed by atoms with E-state index in [-0.39, 0.29) is 6.10 Å². The first-order valence-electron chi connectivity index (χ1n) is 12.8. The Morgan fingerprint density at radius 3 is 1.24 bits per heavy atom. The molecule has 0 bridgehead atoms. The van der Waals surface area contributed by atoms with Crippen molar-refractivity contribution in [2.45, 2.75) is 62.9 Å². The topological polar surface area (TPSA) is 93.0 Å². The van der Waals surface area contributed by atoms with E-state index in [9.17, 15) is 0 Å². The molecule has 9 nitrogen and oxygen atoms in total. The molecular formula is C24H44O9. The van der Waals surface area contributed by atoms with Crippen LogP contribution >= 0.6 is 0 Å². The van der Waals surface area contributed by atoms with Crippen LogP contribution in [-0.2, 0) is 42.6 Å². The highest BCUT2D eigenvalue weighted by atomic mass is 16.6. The summed E-state index contributed by atoms with van der Waals surface area (Å²) in [7, 11) is 0. The fourth-order valence-electron chi connectivity index (χ4n) is 3.17. The highest BCUT2D eigenvalue weighted by Gasteiger charge is 2.22. The third-order valence-corrected chi connectivity index (χ3v) is 5.51. The molecule has 0 radical (unpaired) electrons. The van der Waals surface area contributed by atoms with Gasteiger partial charge in [-0.1, -0.05) is 0 Å². The minimum absolute atomic E-state index is 0.0780. The second-order valence-electron chi connectivity index (χ2n) is 8.77. The number of epoxide rings is 3. The molecule has 3 heterocycles. The van der Waals surface area contributed by atoms with Gasteiger partial charge in [0.2, 0.25) is 0 Å². The van der Waals surface area contributed by atoms with Crippen LogP contribution < -0.4 is 0 Å². The van der Waals surface area contributed by atoms with Gasteiger partial charge in [0.05, 0.1) is 51.3 Å². The number of hydrogen-bond acceptors (Lipinski definition) is 9. The van der Waals surface area contributed by atoms with E-state index in [2.05, 4.69) is 0 Å². The molecule has 3 aliphatic heterocycles. The lowest BCUT2D eigenvalue weighted by Gasteiger charge is -2.18. The molecule has 0 aromatic heterocycles. The first kappa shape index (κ1) is 27.2. The van der Waals surface area contributed by atoms with Crippen molar-refractivity contribution < 1.29 is 42.6 Å². The zero-order chi connectivity index (χ0) is 22.8. The summed E-state index contributed by atoms with van der Waals surface area (Å²) < 4.78 is 50.0. The van der Waals surface area contributed by atoms with Crippen LogP contribution in [0, 0.1) is 0 Å². The Morgan fingerprint density at radius 2 is 0.848 bits per heavy atom. The van der Waals surface area contributed by atoms with Gasteiger partial charge >= 0.3 is 0 Å². The average molecular weight is 477 g/mol. The quantitative estimate of drug-likeness (QED) is 0.137. The number of rotatable bonds is 26. The van der Waals surface area contributed by atoms with E-state index < -0.39 is 0 Å². The van der Waals surface area contributed by atoms with E-state index in [4.69, 9.17) is 42.6 Å². The minimum Gasteiger partial charge on any atom is -0.381 e. The van der Waals surface area contributed by atoms with Crippen LogP contribution in [0.4, 0.5) is 0 Å². The third-order valence-electron chi connectivity index (χ3n) is 5.51. The molecular weight excluding hydrogens is 432 g/mol. The summed E-state index contributed by atoms with van der Waals surface area (Å²) in [4.78, 5) is 0. The molecule has 3 saturated heterocycles. The average Bonchev–Trinajstić information content (AvgIpc) is 3.67. The Balaban J connectivity index is 1.14. The highest BCUT2D eigenvalue weighted by molar-refractivity contribution is 4.68. The smallest absolute Gasteiger partial charge is 0.104 e. The Kier molecular flexibility index (Phi) is 14.8. The maximum Gasteiger partial charge on any atom is 0.104 e. The van der Waals surface area contributed by atoms with E-state index in [1.54, 1.807) is 0 Å². The maximum absolute atomic E-state index is 5.99. The maximum atomic E-state index is 5.99. The van der Waals surface area contributed by atoms with Gasteiger partial charge in [0.25, 0.3) is 0 Å². The van der Waals surface area contributed by atoms with Gasteiger partial charge in [-0.3, -0.25) is 0 Å². The summed E-state index contributed by atoms with van der Waals surface area (Å²) >= 11 is 0. The van der Waals surface area contributed by atoms with Gasteiger partial charge in [-0.2, -0.15) is 0 Å². The predicted octanol–water partition coefficient (Wildman–Crippen LogP) is 1.99. The van der Waals surface area contributed by atoms with Gasteiger partial charge in [-0.15, -0.1) is 0 Å². The van der Waals surface area contributed by atoms with E-state index >= 15 is 0 Å². The zero-order valence-electron chi connectivity index (χ0n) is 20.1. The molecule has 3 fully saturated rings. The molecule has 9 heteroatoms. The standard InChI is InChI=1S/C24H44O9/c1(7-25-13-4-21-18-31-21)10-28-16-24(30-12-3-9-27-15-6-23-20-33-23)17-29-11-2-8-26-14-5-22-19-32-22/h21-24H,1-20H2. The Bertz CT molecular complexity index is 427. The van der Waals surface area contributed by atoms with Crippen LogP contribution in [0.5, 0.6) is 0 Å². The van der Waals surface area contributed by atoms with Crippen LogP contribution in [0.15, 0.2) is 0 Å². The molecule has 33 heavy (non-hydrogen) atoms. The summed E-state index contributed by atoms with van der Waals surface area (Å²) in [5.74, 6) is 0. The monoisotopic (exact) mass is 476 g/mol. The second-order valence-corrected chi connectivity index (χ2v) is 8.77. The van der Waals surface area contributed by atoms with Crippen molar-refractivity contribution in [1.82, 2.24) is 0 Å². The van der Waals surface area contributed by atoms with E-state index in [0.29, 0.717) is 71.2 Å². The molecule has 0 aliphatic carbocycles. The highest BCUT2D eigenvalue weighted by Crippen LogP contribution is 2.14. The van der Waals surface area contributed by atoms with Crippen molar-refractivity contribution in [1.29, 1.82) is 0 Å². The molecule has 3 rings (SSSR count). The first-order chi connectivity index (χ1) is 16.4. The molecule has 0 N–H and O–H groups in total. The van der Waals surface area contributed by atoms with Gasteiger partial charge in [0, 0.05) is 59.5 Å². The number of ether oxygens (including phenoxy) is 9. The molecule has 194 valence electrons. The molecule has 0 aromatic rings. The first-order valence-corrected chi connectivity index (χ1v) is 12.8. The van der Waals surface area contributed by atoms with E-state index in [1.165, 1.54) is 0 Å². The Hall–Kier alpha value is -0.360. The van der Waals surface area contributed by atoms with Crippen molar-refractivity contribution in [2.24, 2.45) is 0 Å².